The number of benzene rings is 2. The monoisotopic (exact) mass is 238 g/mol. The van der Waals surface area contributed by atoms with E-state index in [0.29, 0.717) is 0 Å². The molecule has 0 aliphatic heterocycles. The molecule has 0 heterocycles. The third kappa shape index (κ3) is 3.25. The zero-order valence-corrected chi connectivity index (χ0v) is 9.91. The van der Waals surface area contributed by atoms with E-state index in [9.17, 15) is 5.11 Å². The molecule has 0 amide bonds. The topological polar surface area (TPSA) is 29.5 Å². The predicted molar refractivity (Wildman–Crippen MR) is 74.3 cm³/mol. The SMILES string of the molecule is C=COc1ccc(/C=C/c2ccc(O)cc2)cc1. The van der Waals surface area contributed by atoms with Gasteiger partial charge >= 0.3 is 0 Å². The summed E-state index contributed by atoms with van der Waals surface area (Å²) in [7, 11) is 0. The van der Waals surface area contributed by atoms with Gasteiger partial charge in [-0.2, -0.15) is 0 Å². The van der Waals surface area contributed by atoms with Gasteiger partial charge in [-0.05, 0) is 35.4 Å². The van der Waals surface area contributed by atoms with E-state index in [1.165, 1.54) is 6.26 Å². The number of phenols is 1. The van der Waals surface area contributed by atoms with E-state index in [2.05, 4.69) is 6.58 Å². The molecule has 0 aliphatic carbocycles. The first-order chi connectivity index (χ1) is 8.78. The summed E-state index contributed by atoms with van der Waals surface area (Å²) in [6.07, 6.45) is 5.40. The molecule has 1 N–H and O–H groups in total. The molecule has 90 valence electrons. The zero-order valence-electron chi connectivity index (χ0n) is 9.91. The lowest BCUT2D eigenvalue weighted by molar-refractivity contribution is 0.475. The number of phenolic OH excluding ortho intramolecular Hbond substituents is 1. The van der Waals surface area contributed by atoms with Crippen LogP contribution in [0.5, 0.6) is 11.5 Å². The molecule has 2 aromatic carbocycles. The summed E-state index contributed by atoms with van der Waals surface area (Å²) in [5, 5.41) is 9.18. The van der Waals surface area contributed by atoms with Crippen molar-refractivity contribution in [2.24, 2.45) is 0 Å². The fraction of sp³-hybridized carbons (Fsp3) is 0. The van der Waals surface area contributed by atoms with Crippen LogP contribution in [0.3, 0.4) is 0 Å². The molecule has 0 bridgehead atoms. The Balaban J connectivity index is 2.08. The summed E-state index contributed by atoms with van der Waals surface area (Å²) in [6.45, 7) is 3.50. The second-order valence-electron chi connectivity index (χ2n) is 3.78. The van der Waals surface area contributed by atoms with Crippen molar-refractivity contribution < 1.29 is 9.84 Å². The van der Waals surface area contributed by atoms with Gasteiger partial charge in [0.1, 0.15) is 11.5 Å². The number of rotatable bonds is 4. The molecule has 0 aliphatic rings. The maximum absolute atomic E-state index is 9.18. The molecule has 2 nitrogen and oxygen atoms in total. The quantitative estimate of drug-likeness (QED) is 0.642. The fourth-order valence-corrected chi connectivity index (χ4v) is 1.53. The van der Waals surface area contributed by atoms with E-state index >= 15 is 0 Å². The molecule has 2 aromatic rings. The third-order valence-electron chi connectivity index (χ3n) is 2.46. The van der Waals surface area contributed by atoms with E-state index < -0.39 is 0 Å². The third-order valence-corrected chi connectivity index (χ3v) is 2.46. The van der Waals surface area contributed by atoms with Crippen LogP contribution in [0.15, 0.2) is 61.4 Å². The molecular weight excluding hydrogens is 224 g/mol. The Bertz CT molecular complexity index is 536. The second-order valence-corrected chi connectivity index (χ2v) is 3.78. The number of ether oxygens (including phenoxy) is 1. The van der Waals surface area contributed by atoms with Gasteiger partial charge in [-0.15, -0.1) is 0 Å². The minimum Gasteiger partial charge on any atom is -0.508 e. The molecule has 0 radical (unpaired) electrons. The fourth-order valence-electron chi connectivity index (χ4n) is 1.53. The number of aromatic hydroxyl groups is 1. The lowest BCUT2D eigenvalue weighted by Crippen LogP contribution is -1.80. The molecular formula is C16H14O2. The molecule has 0 unspecified atom stereocenters. The van der Waals surface area contributed by atoms with Gasteiger partial charge in [0, 0.05) is 0 Å². The van der Waals surface area contributed by atoms with E-state index in [4.69, 9.17) is 4.74 Å². The standard InChI is InChI=1S/C16H14O2/c1-2-18-16-11-7-14(8-12-16)4-3-13-5-9-15(17)10-6-13/h2-12,17H,1H2/b4-3+. The first-order valence-corrected chi connectivity index (χ1v) is 5.63. The van der Waals surface area contributed by atoms with Crippen molar-refractivity contribution in [3.05, 3.63) is 72.5 Å². The molecule has 0 fully saturated rings. The Morgan fingerprint density at radius 3 is 1.83 bits per heavy atom. The van der Waals surface area contributed by atoms with E-state index in [0.717, 1.165) is 16.9 Å². The van der Waals surface area contributed by atoms with Crippen LogP contribution in [0.1, 0.15) is 11.1 Å². The minimum atomic E-state index is 0.276. The Labute approximate surface area is 106 Å². The molecule has 0 spiro atoms. The van der Waals surface area contributed by atoms with Crippen LogP contribution in [0, 0.1) is 0 Å². The van der Waals surface area contributed by atoms with Crippen molar-refractivity contribution in [3.63, 3.8) is 0 Å². The largest absolute Gasteiger partial charge is 0.508 e. The van der Waals surface area contributed by atoms with E-state index in [-0.39, 0.29) is 5.75 Å². The summed E-state index contributed by atoms with van der Waals surface area (Å²) in [5.41, 5.74) is 2.12. The van der Waals surface area contributed by atoms with Crippen molar-refractivity contribution in [2.75, 3.05) is 0 Å². The highest BCUT2D eigenvalue weighted by Crippen LogP contribution is 2.16. The predicted octanol–water partition coefficient (Wildman–Crippen LogP) is 4.08. The molecule has 2 heteroatoms. The smallest absolute Gasteiger partial charge is 0.126 e. The van der Waals surface area contributed by atoms with Crippen LogP contribution in [0.4, 0.5) is 0 Å². The highest BCUT2D eigenvalue weighted by molar-refractivity contribution is 5.70. The second kappa shape index (κ2) is 5.73. The van der Waals surface area contributed by atoms with Gasteiger partial charge in [0.2, 0.25) is 0 Å². The zero-order chi connectivity index (χ0) is 12.8. The highest BCUT2D eigenvalue weighted by Gasteiger charge is 1.92. The van der Waals surface area contributed by atoms with Crippen LogP contribution < -0.4 is 4.74 Å². The molecule has 2 rings (SSSR count). The van der Waals surface area contributed by atoms with Gasteiger partial charge in [-0.3, -0.25) is 0 Å². The number of hydrogen-bond donors (Lipinski definition) is 1. The minimum absolute atomic E-state index is 0.276. The van der Waals surface area contributed by atoms with Gasteiger partial charge in [0.15, 0.2) is 0 Å². The van der Waals surface area contributed by atoms with Crippen LogP contribution in [0.2, 0.25) is 0 Å². The van der Waals surface area contributed by atoms with E-state index in [1.807, 2.05) is 48.6 Å². The van der Waals surface area contributed by atoms with Crippen molar-refractivity contribution in [3.8, 4) is 11.5 Å². The molecule has 0 atom stereocenters. The van der Waals surface area contributed by atoms with Crippen molar-refractivity contribution >= 4 is 12.2 Å². The van der Waals surface area contributed by atoms with Crippen LogP contribution in [-0.4, -0.2) is 5.11 Å². The van der Waals surface area contributed by atoms with Crippen LogP contribution in [0.25, 0.3) is 12.2 Å². The Hall–Kier alpha value is -2.48. The van der Waals surface area contributed by atoms with Crippen molar-refractivity contribution in [1.82, 2.24) is 0 Å². The van der Waals surface area contributed by atoms with Crippen LogP contribution in [-0.2, 0) is 0 Å². The average Bonchev–Trinajstić information content (AvgIpc) is 2.40. The Morgan fingerprint density at radius 2 is 1.33 bits per heavy atom. The Morgan fingerprint density at radius 1 is 0.833 bits per heavy atom. The summed E-state index contributed by atoms with van der Waals surface area (Å²) >= 11 is 0. The maximum Gasteiger partial charge on any atom is 0.126 e. The van der Waals surface area contributed by atoms with Crippen LogP contribution >= 0.6 is 0 Å². The van der Waals surface area contributed by atoms with E-state index in [1.54, 1.807) is 12.1 Å². The average molecular weight is 238 g/mol. The normalized spacial score (nSPS) is 10.4. The highest BCUT2D eigenvalue weighted by atomic mass is 16.5. The molecule has 0 aromatic heterocycles. The van der Waals surface area contributed by atoms with Gasteiger partial charge < -0.3 is 9.84 Å². The van der Waals surface area contributed by atoms with Crippen molar-refractivity contribution in [1.29, 1.82) is 0 Å². The first kappa shape index (κ1) is 12.0. The molecule has 18 heavy (non-hydrogen) atoms. The lowest BCUT2D eigenvalue weighted by Gasteiger charge is -1.99. The Kier molecular flexibility index (Phi) is 3.82. The molecule has 0 saturated heterocycles. The first-order valence-electron chi connectivity index (χ1n) is 5.63. The van der Waals surface area contributed by atoms with Gasteiger partial charge in [0.05, 0.1) is 6.26 Å². The van der Waals surface area contributed by atoms with Gasteiger partial charge in [-0.25, -0.2) is 0 Å². The number of hydrogen-bond acceptors (Lipinski definition) is 2. The summed E-state index contributed by atoms with van der Waals surface area (Å²) < 4.78 is 5.15. The molecule has 0 saturated carbocycles. The van der Waals surface area contributed by atoms with Gasteiger partial charge in [-0.1, -0.05) is 43.0 Å². The lowest BCUT2D eigenvalue weighted by atomic mass is 10.1. The van der Waals surface area contributed by atoms with Gasteiger partial charge in [0.25, 0.3) is 0 Å². The maximum atomic E-state index is 9.18. The van der Waals surface area contributed by atoms with Crippen molar-refractivity contribution in [2.45, 2.75) is 0 Å². The summed E-state index contributed by atoms with van der Waals surface area (Å²) in [6, 6.07) is 14.8. The summed E-state index contributed by atoms with van der Waals surface area (Å²) in [4.78, 5) is 0. The summed E-state index contributed by atoms with van der Waals surface area (Å²) in [5.74, 6) is 1.05.